The largest absolute Gasteiger partial charge is 0.491 e. The molecular weight excluding hydrogens is 359 g/mol. The summed E-state index contributed by atoms with van der Waals surface area (Å²) in [6.07, 6.45) is 3.81. The van der Waals surface area contributed by atoms with Crippen molar-refractivity contribution in [2.45, 2.75) is 31.2 Å². The standard InChI is InChI=1S/C17H21FN4O3S/c1-2-25-16-6-5-14(11-15(16)18)26(23,24)20-12-13-7-8-19-17(21-13)22-9-3-4-10-22/h5-8,11,20H,2-4,9-10,12H2,1H3. The highest BCUT2D eigenvalue weighted by Crippen LogP contribution is 2.21. The molecule has 0 atom stereocenters. The number of hydrogen-bond acceptors (Lipinski definition) is 6. The first-order valence-corrected chi connectivity index (χ1v) is 9.97. The molecule has 9 heteroatoms. The summed E-state index contributed by atoms with van der Waals surface area (Å²) >= 11 is 0. The van der Waals surface area contributed by atoms with Crippen LogP contribution in [0, 0.1) is 5.82 Å². The van der Waals surface area contributed by atoms with Gasteiger partial charge in [0.15, 0.2) is 11.6 Å². The Morgan fingerprint density at radius 2 is 2.04 bits per heavy atom. The number of aromatic nitrogens is 2. The van der Waals surface area contributed by atoms with Gasteiger partial charge < -0.3 is 9.64 Å². The molecule has 1 aliphatic heterocycles. The lowest BCUT2D eigenvalue weighted by Gasteiger charge is -2.15. The van der Waals surface area contributed by atoms with Gasteiger partial charge in [0.1, 0.15) is 0 Å². The minimum atomic E-state index is -3.86. The zero-order valence-corrected chi connectivity index (χ0v) is 15.3. The first kappa shape index (κ1) is 18.5. The van der Waals surface area contributed by atoms with Crippen molar-refractivity contribution < 1.29 is 17.5 Å². The number of anilines is 1. The van der Waals surface area contributed by atoms with Crippen LogP contribution < -0.4 is 14.4 Å². The topological polar surface area (TPSA) is 84.4 Å². The molecule has 0 unspecified atom stereocenters. The van der Waals surface area contributed by atoms with Crippen molar-refractivity contribution in [3.05, 3.63) is 42.0 Å². The van der Waals surface area contributed by atoms with E-state index in [0.717, 1.165) is 32.0 Å². The second kappa shape index (κ2) is 7.96. The van der Waals surface area contributed by atoms with Gasteiger partial charge in [-0.05, 0) is 44.0 Å². The summed E-state index contributed by atoms with van der Waals surface area (Å²) in [4.78, 5) is 10.5. The highest BCUT2D eigenvalue weighted by atomic mass is 32.2. The quantitative estimate of drug-likeness (QED) is 0.792. The lowest BCUT2D eigenvalue weighted by Crippen LogP contribution is -2.25. The fraction of sp³-hybridized carbons (Fsp3) is 0.412. The summed E-state index contributed by atoms with van der Waals surface area (Å²) in [6.45, 7) is 3.83. The average Bonchev–Trinajstić information content (AvgIpc) is 3.17. The molecule has 0 bridgehead atoms. The number of ether oxygens (including phenoxy) is 1. The molecule has 1 aromatic heterocycles. The third-order valence-corrected chi connectivity index (χ3v) is 5.45. The molecule has 1 saturated heterocycles. The Balaban J connectivity index is 1.70. The molecule has 140 valence electrons. The lowest BCUT2D eigenvalue weighted by molar-refractivity contribution is 0.321. The van der Waals surface area contributed by atoms with Gasteiger partial charge in [-0.2, -0.15) is 0 Å². The molecule has 1 aromatic carbocycles. The summed E-state index contributed by atoms with van der Waals surface area (Å²) < 4.78 is 46.2. The molecule has 0 spiro atoms. The van der Waals surface area contributed by atoms with Crippen LogP contribution in [0.3, 0.4) is 0 Å². The van der Waals surface area contributed by atoms with E-state index < -0.39 is 15.8 Å². The number of hydrogen-bond donors (Lipinski definition) is 1. The summed E-state index contributed by atoms with van der Waals surface area (Å²) in [5.41, 5.74) is 0.553. The van der Waals surface area contributed by atoms with Crippen LogP contribution in [0.4, 0.5) is 10.3 Å². The van der Waals surface area contributed by atoms with Crippen molar-refractivity contribution in [1.29, 1.82) is 0 Å². The van der Waals surface area contributed by atoms with Crippen LogP contribution in [0.1, 0.15) is 25.5 Å². The maximum absolute atomic E-state index is 13.9. The molecule has 26 heavy (non-hydrogen) atoms. The number of benzene rings is 1. The van der Waals surface area contributed by atoms with Gasteiger partial charge in [-0.25, -0.2) is 27.5 Å². The van der Waals surface area contributed by atoms with Gasteiger partial charge in [0, 0.05) is 19.3 Å². The van der Waals surface area contributed by atoms with Crippen molar-refractivity contribution in [3.63, 3.8) is 0 Å². The van der Waals surface area contributed by atoms with Crippen LogP contribution in [-0.2, 0) is 16.6 Å². The van der Waals surface area contributed by atoms with E-state index in [1.165, 1.54) is 12.1 Å². The minimum absolute atomic E-state index is 0.000520. The van der Waals surface area contributed by atoms with Crippen molar-refractivity contribution in [1.82, 2.24) is 14.7 Å². The number of nitrogens with one attached hydrogen (secondary N) is 1. The Morgan fingerprint density at radius 3 is 2.73 bits per heavy atom. The third kappa shape index (κ3) is 4.28. The Bertz CT molecular complexity index is 870. The van der Waals surface area contributed by atoms with Crippen molar-refractivity contribution >= 4 is 16.0 Å². The Kier molecular flexibility index (Phi) is 5.67. The zero-order valence-electron chi connectivity index (χ0n) is 14.5. The third-order valence-electron chi connectivity index (χ3n) is 4.05. The maximum Gasteiger partial charge on any atom is 0.241 e. The van der Waals surface area contributed by atoms with Crippen LogP contribution in [0.5, 0.6) is 5.75 Å². The molecule has 2 aromatic rings. The van der Waals surface area contributed by atoms with Crippen LogP contribution in [-0.4, -0.2) is 38.1 Å². The number of nitrogens with zero attached hydrogens (tertiary/aromatic N) is 3. The van der Waals surface area contributed by atoms with E-state index in [-0.39, 0.29) is 17.2 Å². The van der Waals surface area contributed by atoms with E-state index in [0.29, 0.717) is 18.2 Å². The van der Waals surface area contributed by atoms with Crippen molar-refractivity contribution in [2.75, 3.05) is 24.6 Å². The van der Waals surface area contributed by atoms with Crippen LogP contribution in [0.25, 0.3) is 0 Å². The maximum atomic E-state index is 13.9. The molecule has 1 N–H and O–H groups in total. The average molecular weight is 380 g/mol. The first-order valence-electron chi connectivity index (χ1n) is 8.48. The van der Waals surface area contributed by atoms with Crippen molar-refractivity contribution in [3.8, 4) is 5.75 Å². The monoisotopic (exact) mass is 380 g/mol. The summed E-state index contributed by atoms with van der Waals surface area (Å²) in [5, 5.41) is 0. The van der Waals surface area contributed by atoms with Crippen LogP contribution in [0.15, 0.2) is 35.4 Å². The molecular formula is C17H21FN4O3S. The SMILES string of the molecule is CCOc1ccc(S(=O)(=O)NCc2ccnc(N3CCCC3)n2)cc1F. The summed E-state index contributed by atoms with van der Waals surface area (Å²) in [6, 6.07) is 5.22. The second-order valence-electron chi connectivity index (χ2n) is 5.89. The number of halogens is 1. The first-order chi connectivity index (χ1) is 12.5. The Hall–Kier alpha value is -2.26. The van der Waals surface area contributed by atoms with E-state index in [4.69, 9.17) is 4.74 Å². The minimum Gasteiger partial charge on any atom is -0.491 e. The van der Waals surface area contributed by atoms with E-state index in [1.54, 1.807) is 19.2 Å². The van der Waals surface area contributed by atoms with E-state index in [9.17, 15) is 12.8 Å². The predicted molar refractivity (Wildman–Crippen MR) is 95.1 cm³/mol. The summed E-state index contributed by atoms with van der Waals surface area (Å²) in [7, 11) is -3.86. The highest BCUT2D eigenvalue weighted by molar-refractivity contribution is 7.89. The van der Waals surface area contributed by atoms with E-state index in [2.05, 4.69) is 19.6 Å². The van der Waals surface area contributed by atoms with Gasteiger partial charge in [-0.3, -0.25) is 0 Å². The number of sulfonamides is 1. The normalized spacial score (nSPS) is 14.6. The molecule has 0 radical (unpaired) electrons. The van der Waals surface area contributed by atoms with Gasteiger partial charge >= 0.3 is 0 Å². The van der Waals surface area contributed by atoms with Gasteiger partial charge in [0.25, 0.3) is 0 Å². The highest BCUT2D eigenvalue weighted by Gasteiger charge is 2.18. The van der Waals surface area contributed by atoms with E-state index in [1.807, 2.05) is 0 Å². The molecule has 1 aliphatic rings. The molecule has 0 aliphatic carbocycles. The zero-order chi connectivity index (χ0) is 18.6. The predicted octanol–water partition coefficient (Wildman–Crippen LogP) is 2.09. The van der Waals surface area contributed by atoms with Gasteiger partial charge in [-0.15, -0.1) is 0 Å². The molecule has 0 saturated carbocycles. The van der Waals surface area contributed by atoms with Crippen LogP contribution in [0.2, 0.25) is 0 Å². The molecule has 7 nitrogen and oxygen atoms in total. The van der Waals surface area contributed by atoms with Gasteiger partial charge in [0.05, 0.1) is 23.7 Å². The second-order valence-corrected chi connectivity index (χ2v) is 7.66. The fourth-order valence-electron chi connectivity index (χ4n) is 2.73. The lowest BCUT2D eigenvalue weighted by atomic mass is 10.3. The molecule has 2 heterocycles. The summed E-state index contributed by atoms with van der Waals surface area (Å²) in [5.74, 6) is -0.0862. The fourth-order valence-corrected chi connectivity index (χ4v) is 3.74. The van der Waals surface area contributed by atoms with Crippen LogP contribution >= 0.6 is 0 Å². The van der Waals surface area contributed by atoms with Gasteiger partial charge in [0.2, 0.25) is 16.0 Å². The van der Waals surface area contributed by atoms with Crippen molar-refractivity contribution in [2.24, 2.45) is 0 Å². The Labute approximate surface area is 152 Å². The Morgan fingerprint density at radius 1 is 1.27 bits per heavy atom. The van der Waals surface area contributed by atoms with Gasteiger partial charge in [-0.1, -0.05) is 0 Å². The molecule has 1 fully saturated rings. The number of rotatable bonds is 7. The molecule has 0 amide bonds. The smallest absolute Gasteiger partial charge is 0.241 e. The van der Waals surface area contributed by atoms with E-state index >= 15 is 0 Å². The molecule has 3 rings (SSSR count).